The minimum Gasteiger partial charge on any atom is -0.496 e. The first-order chi connectivity index (χ1) is 16.5. The Morgan fingerprint density at radius 3 is 2.54 bits per heavy atom. The predicted octanol–water partition coefficient (Wildman–Crippen LogP) is 6.43. The van der Waals surface area contributed by atoms with Gasteiger partial charge in [0.1, 0.15) is 17.4 Å². The normalized spacial score (nSPS) is 16.7. The van der Waals surface area contributed by atoms with Crippen LogP contribution in [0.2, 0.25) is 0 Å². The zero-order valence-electron chi connectivity index (χ0n) is 19.6. The van der Waals surface area contributed by atoms with Crippen LogP contribution in [-0.2, 0) is 11.7 Å². The Bertz CT molecular complexity index is 1510. The van der Waals surface area contributed by atoms with Gasteiger partial charge >= 0.3 is 6.18 Å². The molecule has 0 bridgehead atoms. The lowest BCUT2D eigenvalue weighted by Gasteiger charge is -2.36. The van der Waals surface area contributed by atoms with Crippen LogP contribution < -0.4 is 10.1 Å². The van der Waals surface area contributed by atoms with Crippen molar-refractivity contribution in [3.05, 3.63) is 53.0 Å². The second-order valence-electron chi connectivity index (χ2n) is 9.77. The van der Waals surface area contributed by atoms with Crippen molar-refractivity contribution < 1.29 is 22.3 Å². The maximum Gasteiger partial charge on any atom is 0.419 e. The second-order valence-corrected chi connectivity index (χ2v) is 9.77. The molecule has 6 nitrogen and oxygen atoms in total. The molecule has 0 spiro atoms. The first-order valence-electron chi connectivity index (χ1n) is 11.4. The fourth-order valence-corrected chi connectivity index (χ4v) is 5.25. The number of benzene rings is 2. The number of H-pyrrole nitrogens is 1. The monoisotopic (exact) mass is 485 g/mol. The fraction of sp³-hybridized carbons (Fsp3) is 0.360. The van der Waals surface area contributed by atoms with Crippen molar-refractivity contribution in [3.63, 3.8) is 0 Å². The van der Waals surface area contributed by atoms with Gasteiger partial charge in [-0.05, 0) is 57.2 Å². The fourth-order valence-electron chi connectivity index (χ4n) is 5.25. The molecule has 2 aliphatic rings. The molecule has 6 rings (SSSR count). The van der Waals surface area contributed by atoms with Gasteiger partial charge in [-0.25, -0.2) is 4.39 Å². The molecule has 1 saturated carbocycles. The Hall–Kier alpha value is -3.56. The molecular formula is C25H23F4N5O. The average molecular weight is 485 g/mol. The third-order valence-electron chi connectivity index (χ3n) is 6.89. The zero-order chi connectivity index (χ0) is 24.9. The molecule has 2 aromatic heterocycles. The van der Waals surface area contributed by atoms with Crippen LogP contribution in [0, 0.1) is 12.7 Å². The third kappa shape index (κ3) is 3.15. The van der Waals surface area contributed by atoms with Crippen LogP contribution in [0.25, 0.3) is 27.7 Å². The van der Waals surface area contributed by atoms with E-state index in [1.54, 1.807) is 13.1 Å². The number of hydrogen-bond donors (Lipinski definition) is 2. The topological polar surface area (TPSA) is 67.8 Å². The minimum absolute atomic E-state index is 0.0111. The van der Waals surface area contributed by atoms with Gasteiger partial charge < -0.3 is 15.0 Å². The number of halogens is 4. The van der Waals surface area contributed by atoms with E-state index in [-0.39, 0.29) is 28.3 Å². The molecule has 10 heteroatoms. The van der Waals surface area contributed by atoms with Crippen LogP contribution in [0.3, 0.4) is 0 Å². The molecule has 3 heterocycles. The highest BCUT2D eigenvalue weighted by Crippen LogP contribution is 2.53. The van der Waals surface area contributed by atoms with E-state index < -0.39 is 23.1 Å². The molecule has 182 valence electrons. The molecule has 0 radical (unpaired) electrons. The highest BCUT2D eigenvalue weighted by molar-refractivity contribution is 6.00. The first kappa shape index (κ1) is 21.9. The molecule has 1 aliphatic heterocycles. The first-order valence-corrected chi connectivity index (χ1v) is 11.4. The summed E-state index contributed by atoms with van der Waals surface area (Å²) in [4.78, 5) is 3.12. The van der Waals surface area contributed by atoms with Crippen molar-refractivity contribution in [1.29, 1.82) is 0 Å². The summed E-state index contributed by atoms with van der Waals surface area (Å²) >= 11 is 0. The number of methoxy groups -OCH3 is 1. The number of nitrogens with one attached hydrogen (secondary N) is 2. The maximum absolute atomic E-state index is 15.0. The van der Waals surface area contributed by atoms with E-state index in [1.807, 2.05) is 13.8 Å². The van der Waals surface area contributed by atoms with Crippen molar-refractivity contribution >= 4 is 16.6 Å². The van der Waals surface area contributed by atoms with Crippen molar-refractivity contribution in [2.45, 2.75) is 51.2 Å². The summed E-state index contributed by atoms with van der Waals surface area (Å²) in [7, 11) is 1.32. The quantitative estimate of drug-likeness (QED) is 0.328. The highest BCUT2D eigenvalue weighted by Gasteiger charge is 2.45. The summed E-state index contributed by atoms with van der Waals surface area (Å²) in [5.41, 5.74) is -0.382. The Balaban J connectivity index is 1.76. The number of fused-ring (bicyclic) bond motifs is 4. The number of aromatic nitrogens is 4. The zero-order valence-corrected chi connectivity index (χ0v) is 19.6. The van der Waals surface area contributed by atoms with Gasteiger partial charge in [-0.2, -0.15) is 13.2 Å². The van der Waals surface area contributed by atoms with Crippen LogP contribution in [0.1, 0.15) is 55.4 Å². The van der Waals surface area contributed by atoms with Gasteiger partial charge in [0.2, 0.25) is 0 Å². The lowest BCUT2D eigenvalue weighted by Crippen LogP contribution is -2.37. The number of aryl methyl sites for hydroxylation is 1. The molecule has 2 aromatic carbocycles. The van der Waals surface area contributed by atoms with Crippen LogP contribution >= 0.6 is 0 Å². The number of ether oxygens (including phenoxy) is 1. The van der Waals surface area contributed by atoms with Crippen molar-refractivity contribution in [1.82, 2.24) is 19.7 Å². The number of anilines is 1. The molecule has 0 amide bonds. The van der Waals surface area contributed by atoms with E-state index >= 15 is 0 Å². The minimum atomic E-state index is -4.80. The van der Waals surface area contributed by atoms with E-state index in [9.17, 15) is 17.6 Å². The molecular weight excluding hydrogens is 462 g/mol. The largest absolute Gasteiger partial charge is 0.496 e. The lowest BCUT2D eigenvalue weighted by molar-refractivity contribution is -0.137. The lowest BCUT2D eigenvalue weighted by atomic mass is 9.90. The number of hydrogen-bond acceptors (Lipinski definition) is 4. The van der Waals surface area contributed by atoms with Crippen LogP contribution in [0.5, 0.6) is 5.75 Å². The van der Waals surface area contributed by atoms with Crippen molar-refractivity contribution in [2.75, 3.05) is 12.4 Å². The number of alkyl halides is 3. The SMILES string of the molecule is COc1cc2c(c(C(F)(F)F)c1-c1cc(F)cc3c(C4CC4)c[nH]c13)-n1c(C)nnc1C(C)(C)N2. The molecule has 2 N–H and O–H groups in total. The summed E-state index contributed by atoms with van der Waals surface area (Å²) < 4.78 is 66.7. The third-order valence-corrected chi connectivity index (χ3v) is 6.89. The van der Waals surface area contributed by atoms with E-state index in [2.05, 4.69) is 20.5 Å². The van der Waals surface area contributed by atoms with E-state index in [0.717, 1.165) is 24.5 Å². The average Bonchev–Trinajstić information content (AvgIpc) is 3.40. The van der Waals surface area contributed by atoms with Gasteiger partial charge in [-0.15, -0.1) is 10.2 Å². The maximum atomic E-state index is 15.0. The Morgan fingerprint density at radius 2 is 1.89 bits per heavy atom. The van der Waals surface area contributed by atoms with Gasteiger partial charge in [-0.3, -0.25) is 4.57 Å². The van der Waals surface area contributed by atoms with Crippen LogP contribution in [-0.4, -0.2) is 26.9 Å². The van der Waals surface area contributed by atoms with Gasteiger partial charge in [0.05, 0.1) is 35.1 Å². The van der Waals surface area contributed by atoms with E-state index in [0.29, 0.717) is 28.5 Å². The summed E-state index contributed by atoms with van der Waals surface area (Å²) in [6.07, 6.45) is -1.07. The second kappa shape index (κ2) is 6.99. The molecule has 1 aliphatic carbocycles. The standard InChI is InChI=1S/C25H23F4N5O/c1-11-32-33-23-24(2,3)31-17-9-18(35-4)19(20(25(27,28)29)22(17)34(11)23)15-8-13(26)7-14-16(12-5-6-12)10-30-21(14)15/h7-10,12,30-31H,5-6H2,1-4H3. The molecule has 4 aromatic rings. The molecule has 0 atom stereocenters. The van der Waals surface area contributed by atoms with E-state index in [4.69, 9.17) is 4.74 Å². The summed E-state index contributed by atoms with van der Waals surface area (Å²) in [5.74, 6) is 0.340. The predicted molar refractivity (Wildman–Crippen MR) is 124 cm³/mol. The number of rotatable bonds is 3. The van der Waals surface area contributed by atoms with Gasteiger partial charge in [-0.1, -0.05) is 0 Å². The molecule has 1 fully saturated rings. The number of aromatic amines is 1. The smallest absolute Gasteiger partial charge is 0.419 e. The van der Waals surface area contributed by atoms with E-state index in [1.165, 1.54) is 23.8 Å². The summed E-state index contributed by atoms with van der Waals surface area (Å²) in [6, 6.07) is 4.05. The molecule has 0 unspecified atom stereocenters. The van der Waals surface area contributed by atoms with Gasteiger partial charge in [0, 0.05) is 28.8 Å². The Labute approximate surface area is 198 Å². The van der Waals surface area contributed by atoms with Crippen molar-refractivity contribution in [2.24, 2.45) is 0 Å². The Morgan fingerprint density at radius 1 is 1.14 bits per heavy atom. The van der Waals surface area contributed by atoms with Gasteiger partial charge in [0.15, 0.2) is 5.82 Å². The molecule has 0 saturated heterocycles. The number of nitrogens with zero attached hydrogens (tertiary/aromatic N) is 3. The summed E-state index contributed by atoms with van der Waals surface area (Å²) in [6.45, 7) is 5.25. The highest BCUT2D eigenvalue weighted by atomic mass is 19.4. The summed E-state index contributed by atoms with van der Waals surface area (Å²) in [5, 5.41) is 12.0. The Kier molecular flexibility index (Phi) is 4.38. The van der Waals surface area contributed by atoms with Crippen LogP contribution in [0.4, 0.5) is 23.2 Å². The van der Waals surface area contributed by atoms with Gasteiger partial charge in [0.25, 0.3) is 0 Å². The van der Waals surface area contributed by atoms with Crippen molar-refractivity contribution in [3.8, 4) is 22.6 Å². The van der Waals surface area contributed by atoms with Crippen LogP contribution in [0.15, 0.2) is 24.4 Å². The molecule has 35 heavy (non-hydrogen) atoms.